The first-order valence-electron chi connectivity index (χ1n) is 9.91. The summed E-state index contributed by atoms with van der Waals surface area (Å²) in [5, 5.41) is 7.89. The lowest BCUT2D eigenvalue weighted by Gasteiger charge is -2.13. The van der Waals surface area contributed by atoms with E-state index in [2.05, 4.69) is 17.6 Å². The molecule has 1 atom stereocenters. The van der Waals surface area contributed by atoms with E-state index in [-0.39, 0.29) is 17.1 Å². The van der Waals surface area contributed by atoms with E-state index in [4.69, 9.17) is 0 Å². The van der Waals surface area contributed by atoms with Gasteiger partial charge in [0.05, 0.1) is 5.25 Å². The van der Waals surface area contributed by atoms with Gasteiger partial charge in [0, 0.05) is 22.7 Å². The van der Waals surface area contributed by atoms with E-state index in [0.29, 0.717) is 6.42 Å². The van der Waals surface area contributed by atoms with E-state index in [0.717, 1.165) is 39.9 Å². The van der Waals surface area contributed by atoms with Crippen LogP contribution in [0.2, 0.25) is 0 Å². The number of unbranched alkanes of at least 4 members (excludes halogenated alkanes) is 1. The Hall–Kier alpha value is -2.79. The predicted octanol–water partition coefficient (Wildman–Crippen LogP) is 6.09. The van der Waals surface area contributed by atoms with Gasteiger partial charge in [0.15, 0.2) is 0 Å². The van der Waals surface area contributed by atoms with Crippen molar-refractivity contribution in [1.29, 1.82) is 0 Å². The van der Waals surface area contributed by atoms with E-state index in [1.807, 2.05) is 73.7 Å². The average Bonchev–Trinajstić information content (AvgIpc) is 2.72. The van der Waals surface area contributed by atoms with Crippen molar-refractivity contribution in [3.63, 3.8) is 0 Å². The van der Waals surface area contributed by atoms with Crippen molar-refractivity contribution in [3.05, 3.63) is 66.7 Å². The second-order valence-corrected chi connectivity index (χ2v) is 8.41. The molecule has 0 bridgehead atoms. The van der Waals surface area contributed by atoms with Crippen LogP contribution in [-0.2, 0) is 9.59 Å². The molecule has 2 N–H and O–H groups in total. The average molecular weight is 407 g/mol. The highest BCUT2D eigenvalue weighted by molar-refractivity contribution is 8.00. The monoisotopic (exact) mass is 406 g/mol. The molecular formula is C24H26N2O2S. The molecule has 1 unspecified atom stereocenters. The van der Waals surface area contributed by atoms with Gasteiger partial charge in [-0.3, -0.25) is 9.59 Å². The molecular weight excluding hydrogens is 380 g/mol. The summed E-state index contributed by atoms with van der Waals surface area (Å²) in [7, 11) is 0. The van der Waals surface area contributed by atoms with Crippen LogP contribution in [0, 0.1) is 0 Å². The van der Waals surface area contributed by atoms with Gasteiger partial charge in [0.25, 0.3) is 0 Å². The third-order valence-corrected chi connectivity index (χ3v) is 5.67. The summed E-state index contributed by atoms with van der Waals surface area (Å²) in [6, 6.07) is 21.6. The van der Waals surface area contributed by atoms with E-state index in [9.17, 15) is 9.59 Å². The van der Waals surface area contributed by atoms with E-state index in [1.165, 1.54) is 11.8 Å². The van der Waals surface area contributed by atoms with Gasteiger partial charge >= 0.3 is 0 Å². The van der Waals surface area contributed by atoms with Crippen molar-refractivity contribution in [2.75, 3.05) is 10.6 Å². The topological polar surface area (TPSA) is 58.2 Å². The quantitative estimate of drug-likeness (QED) is 0.445. The molecule has 0 spiro atoms. The van der Waals surface area contributed by atoms with Gasteiger partial charge in [0.1, 0.15) is 0 Å². The maximum Gasteiger partial charge on any atom is 0.237 e. The molecule has 5 heteroatoms. The van der Waals surface area contributed by atoms with Crippen LogP contribution in [0.1, 0.15) is 33.1 Å². The zero-order valence-electron chi connectivity index (χ0n) is 16.8. The van der Waals surface area contributed by atoms with E-state index < -0.39 is 0 Å². The summed E-state index contributed by atoms with van der Waals surface area (Å²) in [6.45, 7) is 3.95. The van der Waals surface area contributed by atoms with Crippen LogP contribution in [0.4, 0.5) is 11.4 Å². The normalized spacial score (nSPS) is 11.8. The number of anilines is 2. The summed E-state index contributed by atoms with van der Waals surface area (Å²) in [5.41, 5.74) is 1.55. The maximum absolute atomic E-state index is 12.6. The number of thioether (sulfide) groups is 1. The molecule has 29 heavy (non-hydrogen) atoms. The molecule has 0 fully saturated rings. The summed E-state index contributed by atoms with van der Waals surface area (Å²) in [6.07, 6.45) is 2.40. The Morgan fingerprint density at radius 1 is 0.897 bits per heavy atom. The van der Waals surface area contributed by atoms with Gasteiger partial charge in [0.2, 0.25) is 11.8 Å². The predicted molar refractivity (Wildman–Crippen MR) is 122 cm³/mol. The lowest BCUT2D eigenvalue weighted by molar-refractivity contribution is -0.116. The van der Waals surface area contributed by atoms with Gasteiger partial charge in [-0.05, 0) is 54.4 Å². The summed E-state index contributed by atoms with van der Waals surface area (Å²) in [5.74, 6) is -0.0289. The Balaban J connectivity index is 1.60. The minimum atomic E-state index is -0.271. The number of fused-ring (bicyclic) bond motifs is 1. The minimum Gasteiger partial charge on any atom is -0.326 e. The Morgan fingerprint density at radius 2 is 1.66 bits per heavy atom. The van der Waals surface area contributed by atoms with Crippen LogP contribution in [0.25, 0.3) is 10.8 Å². The zero-order chi connectivity index (χ0) is 20.6. The highest BCUT2D eigenvalue weighted by Gasteiger charge is 2.15. The molecule has 0 aliphatic heterocycles. The highest BCUT2D eigenvalue weighted by Crippen LogP contribution is 2.27. The SMILES string of the molecule is CCCCC(=O)Nc1cccc(SC(C)C(=O)Nc2ccc3ccccc3c2)c1. The number of hydrogen-bond donors (Lipinski definition) is 2. The molecule has 2 amide bonds. The van der Waals surface area contributed by atoms with Crippen LogP contribution >= 0.6 is 11.8 Å². The third-order valence-electron chi connectivity index (χ3n) is 4.57. The number of nitrogens with one attached hydrogen (secondary N) is 2. The molecule has 3 rings (SSSR count). The smallest absolute Gasteiger partial charge is 0.237 e. The Bertz CT molecular complexity index is 1000. The van der Waals surface area contributed by atoms with Gasteiger partial charge in [-0.15, -0.1) is 11.8 Å². The summed E-state index contributed by atoms with van der Waals surface area (Å²) < 4.78 is 0. The first-order valence-corrected chi connectivity index (χ1v) is 10.8. The highest BCUT2D eigenvalue weighted by atomic mass is 32.2. The number of hydrogen-bond acceptors (Lipinski definition) is 3. The van der Waals surface area contributed by atoms with Gasteiger partial charge < -0.3 is 10.6 Å². The van der Waals surface area contributed by atoms with E-state index in [1.54, 1.807) is 0 Å². The third kappa shape index (κ3) is 6.09. The number of amides is 2. The maximum atomic E-state index is 12.6. The fraction of sp³-hybridized carbons (Fsp3) is 0.250. The van der Waals surface area contributed by atoms with Gasteiger partial charge in [-0.2, -0.15) is 0 Å². The lowest BCUT2D eigenvalue weighted by atomic mass is 10.1. The summed E-state index contributed by atoms with van der Waals surface area (Å²) in [4.78, 5) is 25.5. The first kappa shape index (κ1) is 20.9. The van der Waals surface area contributed by atoms with E-state index >= 15 is 0 Å². The number of benzene rings is 3. The molecule has 0 aliphatic carbocycles. The Labute approximate surface area is 176 Å². The Kier molecular flexibility index (Phi) is 7.30. The molecule has 4 nitrogen and oxygen atoms in total. The second-order valence-electron chi connectivity index (χ2n) is 6.99. The zero-order valence-corrected chi connectivity index (χ0v) is 17.6. The van der Waals surface area contributed by atoms with Crippen molar-refractivity contribution in [2.45, 2.75) is 43.3 Å². The standard InChI is InChI=1S/C24H26N2O2S/c1-3-4-12-23(27)25-20-10-7-11-22(16-20)29-17(2)24(28)26-21-14-13-18-8-5-6-9-19(18)15-21/h5-11,13-17H,3-4,12H2,1-2H3,(H,25,27)(H,26,28). The van der Waals surface area contributed by atoms with Crippen molar-refractivity contribution >= 4 is 45.7 Å². The number of carbonyl (C=O) groups is 2. The minimum absolute atomic E-state index is 0.0242. The lowest BCUT2D eigenvalue weighted by Crippen LogP contribution is -2.22. The molecule has 0 heterocycles. The first-order chi connectivity index (χ1) is 14.0. The van der Waals surface area contributed by atoms with Crippen LogP contribution in [0.5, 0.6) is 0 Å². The number of rotatable bonds is 8. The Morgan fingerprint density at radius 3 is 2.45 bits per heavy atom. The fourth-order valence-electron chi connectivity index (χ4n) is 2.98. The summed E-state index contributed by atoms with van der Waals surface area (Å²) >= 11 is 1.47. The fourth-order valence-corrected chi connectivity index (χ4v) is 3.90. The molecule has 0 radical (unpaired) electrons. The van der Waals surface area contributed by atoms with Crippen LogP contribution < -0.4 is 10.6 Å². The number of carbonyl (C=O) groups excluding carboxylic acids is 2. The molecule has 3 aromatic rings. The molecule has 0 aromatic heterocycles. The van der Waals surface area contributed by atoms with Gasteiger partial charge in [-0.1, -0.05) is 49.7 Å². The molecule has 150 valence electrons. The van der Waals surface area contributed by atoms with Crippen LogP contribution in [-0.4, -0.2) is 17.1 Å². The van der Waals surface area contributed by atoms with Crippen LogP contribution in [0.15, 0.2) is 71.6 Å². The molecule has 0 saturated carbocycles. The van der Waals surface area contributed by atoms with Crippen molar-refractivity contribution in [2.24, 2.45) is 0 Å². The molecule has 3 aromatic carbocycles. The van der Waals surface area contributed by atoms with Crippen molar-refractivity contribution in [3.8, 4) is 0 Å². The van der Waals surface area contributed by atoms with Crippen LogP contribution in [0.3, 0.4) is 0 Å². The van der Waals surface area contributed by atoms with Crippen molar-refractivity contribution in [1.82, 2.24) is 0 Å². The second kappa shape index (κ2) is 10.1. The largest absolute Gasteiger partial charge is 0.326 e. The van der Waals surface area contributed by atoms with Gasteiger partial charge in [-0.25, -0.2) is 0 Å². The molecule has 0 saturated heterocycles. The molecule has 0 aliphatic rings. The van der Waals surface area contributed by atoms with Crippen molar-refractivity contribution < 1.29 is 9.59 Å².